The number of hydrazone groups is 1. The molecule has 0 saturated carbocycles. The molecule has 2 heterocycles. The number of hydrogen-bond donors (Lipinski definition) is 1. The average Bonchev–Trinajstić information content (AvgIpc) is 3.01. The van der Waals surface area contributed by atoms with Gasteiger partial charge in [-0.05, 0) is 48.9 Å². The first kappa shape index (κ1) is 15.6. The van der Waals surface area contributed by atoms with Crippen molar-refractivity contribution in [2.45, 2.75) is 25.7 Å². The quantitative estimate of drug-likeness (QED) is 0.436. The van der Waals surface area contributed by atoms with Crippen LogP contribution >= 0.6 is 11.3 Å². The largest absolute Gasteiger partial charge is 0.269 e. The fraction of sp³-hybridized carbons (Fsp3) is 0.235. The van der Waals surface area contributed by atoms with Crippen molar-refractivity contribution < 1.29 is 4.92 Å². The molecule has 4 rings (SSSR count). The lowest BCUT2D eigenvalue weighted by Gasteiger charge is -2.11. The van der Waals surface area contributed by atoms with Gasteiger partial charge in [-0.25, -0.2) is 9.97 Å². The molecule has 0 atom stereocenters. The molecule has 0 aliphatic heterocycles. The minimum atomic E-state index is -0.420. The van der Waals surface area contributed by atoms with E-state index >= 15 is 0 Å². The van der Waals surface area contributed by atoms with E-state index < -0.39 is 4.92 Å². The third-order valence-corrected chi connectivity index (χ3v) is 5.44. The zero-order chi connectivity index (χ0) is 17.2. The van der Waals surface area contributed by atoms with Crippen LogP contribution in [0.5, 0.6) is 0 Å². The van der Waals surface area contributed by atoms with Crippen LogP contribution in [-0.2, 0) is 12.8 Å². The molecule has 0 fully saturated rings. The first-order valence-corrected chi connectivity index (χ1v) is 8.83. The van der Waals surface area contributed by atoms with Gasteiger partial charge in [-0.15, -0.1) is 11.3 Å². The number of nitro benzene ring substituents is 1. The van der Waals surface area contributed by atoms with Crippen molar-refractivity contribution in [2.75, 3.05) is 5.43 Å². The zero-order valence-electron chi connectivity index (χ0n) is 13.3. The molecule has 1 aliphatic carbocycles. The molecule has 25 heavy (non-hydrogen) atoms. The lowest BCUT2D eigenvalue weighted by molar-refractivity contribution is -0.384. The number of non-ortho nitro benzene ring substituents is 1. The van der Waals surface area contributed by atoms with E-state index in [9.17, 15) is 10.1 Å². The maximum atomic E-state index is 10.7. The number of thiophene rings is 1. The minimum Gasteiger partial charge on any atom is -0.261 e. The third-order valence-electron chi connectivity index (χ3n) is 4.24. The molecule has 126 valence electrons. The Bertz CT molecular complexity index is 965. The summed E-state index contributed by atoms with van der Waals surface area (Å²) in [4.78, 5) is 21.4. The van der Waals surface area contributed by atoms with Crippen molar-refractivity contribution in [2.24, 2.45) is 5.10 Å². The Morgan fingerprint density at radius 3 is 2.80 bits per heavy atom. The number of nitro groups is 1. The second-order valence-corrected chi connectivity index (χ2v) is 6.92. The number of nitrogens with one attached hydrogen (secondary N) is 1. The molecule has 1 N–H and O–H groups in total. The van der Waals surface area contributed by atoms with Crippen LogP contribution in [0.1, 0.15) is 28.8 Å². The Balaban J connectivity index is 1.58. The molecule has 8 heteroatoms. The highest BCUT2D eigenvalue weighted by molar-refractivity contribution is 7.19. The molecule has 0 amide bonds. The van der Waals surface area contributed by atoms with Gasteiger partial charge >= 0.3 is 0 Å². The molecule has 0 radical (unpaired) electrons. The summed E-state index contributed by atoms with van der Waals surface area (Å²) in [6, 6.07) is 6.23. The second-order valence-electron chi connectivity index (χ2n) is 5.83. The predicted molar refractivity (Wildman–Crippen MR) is 98.4 cm³/mol. The van der Waals surface area contributed by atoms with Gasteiger partial charge in [0, 0.05) is 17.0 Å². The van der Waals surface area contributed by atoms with Crippen LogP contribution in [0.4, 0.5) is 11.5 Å². The molecule has 0 unspecified atom stereocenters. The van der Waals surface area contributed by atoms with E-state index in [1.807, 2.05) is 0 Å². The summed E-state index contributed by atoms with van der Waals surface area (Å²) in [7, 11) is 0. The first-order chi connectivity index (χ1) is 12.2. The number of aromatic nitrogens is 2. The van der Waals surface area contributed by atoms with E-state index in [1.54, 1.807) is 36.0 Å². The van der Waals surface area contributed by atoms with Crippen molar-refractivity contribution in [3.05, 3.63) is 56.7 Å². The Morgan fingerprint density at radius 2 is 2.00 bits per heavy atom. The van der Waals surface area contributed by atoms with Gasteiger partial charge in [-0.2, -0.15) is 5.10 Å². The second kappa shape index (κ2) is 6.56. The Labute approximate surface area is 147 Å². The van der Waals surface area contributed by atoms with Crippen molar-refractivity contribution in [1.82, 2.24) is 9.97 Å². The van der Waals surface area contributed by atoms with Gasteiger partial charge in [0.15, 0.2) is 5.82 Å². The van der Waals surface area contributed by atoms with E-state index in [0.717, 1.165) is 28.6 Å². The molecule has 0 bridgehead atoms. The summed E-state index contributed by atoms with van der Waals surface area (Å²) < 4.78 is 0. The highest BCUT2D eigenvalue weighted by Gasteiger charge is 2.19. The zero-order valence-corrected chi connectivity index (χ0v) is 14.1. The smallest absolute Gasteiger partial charge is 0.261 e. The molecule has 3 aromatic rings. The van der Waals surface area contributed by atoms with E-state index in [4.69, 9.17) is 0 Å². The van der Waals surface area contributed by atoms with Gasteiger partial charge in [0.2, 0.25) is 0 Å². The number of rotatable bonds is 4. The van der Waals surface area contributed by atoms with E-state index in [-0.39, 0.29) is 5.69 Å². The van der Waals surface area contributed by atoms with Crippen LogP contribution < -0.4 is 5.43 Å². The lowest BCUT2D eigenvalue weighted by Crippen LogP contribution is -2.01. The van der Waals surface area contributed by atoms with Gasteiger partial charge in [0.05, 0.1) is 16.5 Å². The Hall–Kier alpha value is -2.87. The Kier molecular flexibility index (Phi) is 4.10. The molecular formula is C17H15N5O2S. The predicted octanol–water partition coefficient (Wildman–Crippen LogP) is 3.92. The van der Waals surface area contributed by atoms with E-state index in [0.29, 0.717) is 5.82 Å². The SMILES string of the molecule is O=[N+]([O-])c1ccc(/C=N/Nc2ncnc3sc4c(c23)CCCC4)cc1. The number of anilines is 1. The minimum absolute atomic E-state index is 0.0625. The summed E-state index contributed by atoms with van der Waals surface area (Å²) in [6.07, 6.45) is 7.77. The first-order valence-electron chi connectivity index (χ1n) is 8.01. The topological polar surface area (TPSA) is 93.3 Å². The van der Waals surface area contributed by atoms with Crippen LogP contribution in [-0.4, -0.2) is 21.1 Å². The molecule has 0 spiro atoms. The molecule has 1 aliphatic rings. The lowest BCUT2D eigenvalue weighted by atomic mass is 9.97. The van der Waals surface area contributed by atoms with Crippen molar-refractivity contribution in [3.8, 4) is 0 Å². The summed E-state index contributed by atoms with van der Waals surface area (Å²) in [6.45, 7) is 0. The van der Waals surface area contributed by atoms with Crippen LogP contribution in [0, 0.1) is 10.1 Å². The molecule has 7 nitrogen and oxygen atoms in total. The maximum Gasteiger partial charge on any atom is 0.269 e. The molecule has 2 aromatic heterocycles. The van der Waals surface area contributed by atoms with Crippen molar-refractivity contribution in [3.63, 3.8) is 0 Å². The summed E-state index contributed by atoms with van der Waals surface area (Å²) >= 11 is 1.74. The van der Waals surface area contributed by atoms with Gasteiger partial charge in [0.1, 0.15) is 11.2 Å². The standard InChI is InChI=1S/C17H15N5O2S/c23-22(24)12-7-5-11(6-8-12)9-20-21-16-15-13-3-1-2-4-14(13)25-17(15)19-10-18-16/h5-10H,1-4H2,(H,18,19,21)/b20-9+. The maximum absolute atomic E-state index is 10.7. The summed E-state index contributed by atoms with van der Waals surface area (Å²) in [5, 5.41) is 16.0. The fourth-order valence-electron chi connectivity index (χ4n) is 3.03. The summed E-state index contributed by atoms with van der Waals surface area (Å²) in [5.74, 6) is 0.711. The highest BCUT2D eigenvalue weighted by Crippen LogP contribution is 2.38. The number of benzene rings is 1. The van der Waals surface area contributed by atoms with Gasteiger partial charge in [-0.1, -0.05) is 0 Å². The monoisotopic (exact) mass is 353 g/mol. The van der Waals surface area contributed by atoms with Crippen molar-refractivity contribution in [1.29, 1.82) is 0 Å². The number of aryl methyl sites for hydroxylation is 2. The summed E-state index contributed by atoms with van der Waals surface area (Å²) in [5.41, 5.74) is 5.18. The molecule has 0 saturated heterocycles. The van der Waals surface area contributed by atoms with Crippen LogP contribution in [0.3, 0.4) is 0 Å². The third kappa shape index (κ3) is 3.08. The van der Waals surface area contributed by atoms with Gasteiger partial charge in [-0.3, -0.25) is 15.5 Å². The Morgan fingerprint density at radius 1 is 1.20 bits per heavy atom. The van der Waals surface area contributed by atoms with Crippen LogP contribution in [0.2, 0.25) is 0 Å². The highest BCUT2D eigenvalue weighted by atomic mass is 32.1. The van der Waals surface area contributed by atoms with Gasteiger partial charge in [0.25, 0.3) is 5.69 Å². The van der Waals surface area contributed by atoms with Crippen LogP contribution in [0.15, 0.2) is 35.7 Å². The number of hydrogen-bond acceptors (Lipinski definition) is 7. The van der Waals surface area contributed by atoms with Gasteiger partial charge < -0.3 is 0 Å². The van der Waals surface area contributed by atoms with Crippen LogP contribution in [0.25, 0.3) is 10.2 Å². The number of fused-ring (bicyclic) bond motifs is 3. The number of nitrogens with zero attached hydrogens (tertiary/aromatic N) is 4. The molecular weight excluding hydrogens is 338 g/mol. The fourth-order valence-corrected chi connectivity index (χ4v) is 4.25. The van der Waals surface area contributed by atoms with E-state index in [1.165, 1.54) is 35.4 Å². The normalized spacial score (nSPS) is 13.9. The average molecular weight is 353 g/mol. The van der Waals surface area contributed by atoms with Crippen molar-refractivity contribution >= 4 is 39.3 Å². The van der Waals surface area contributed by atoms with E-state index in [2.05, 4.69) is 20.5 Å². The molecule has 1 aromatic carbocycles.